The van der Waals surface area contributed by atoms with Crippen LogP contribution in [0.3, 0.4) is 0 Å². The maximum atomic E-state index is 11.9. The number of carbonyl (C=O) groups excluding carboxylic acids is 1. The van der Waals surface area contributed by atoms with Crippen LogP contribution in [0, 0.1) is 5.92 Å². The molecule has 3 rings (SSSR count). The standard InChI is InChI=1S/C16H16BrNOS/c17-9-13-8-16(19)18(11-13)10-12-3-5-14(6-4-12)15-2-1-7-20-15/h1-7,13H,8-11H2. The molecule has 104 valence electrons. The molecule has 0 aliphatic carbocycles. The van der Waals surface area contributed by atoms with Gasteiger partial charge in [-0.25, -0.2) is 0 Å². The predicted octanol–water partition coefficient (Wildman–Crippen LogP) is 4.16. The van der Waals surface area contributed by atoms with Gasteiger partial charge in [-0.15, -0.1) is 11.3 Å². The summed E-state index contributed by atoms with van der Waals surface area (Å²) in [5, 5.41) is 3.00. The van der Waals surface area contributed by atoms with Gasteiger partial charge in [0.25, 0.3) is 0 Å². The summed E-state index contributed by atoms with van der Waals surface area (Å²) in [4.78, 5) is 15.2. The molecule has 1 aromatic carbocycles. The van der Waals surface area contributed by atoms with Crippen LogP contribution in [0.25, 0.3) is 10.4 Å². The van der Waals surface area contributed by atoms with Gasteiger partial charge in [0.15, 0.2) is 0 Å². The van der Waals surface area contributed by atoms with Gasteiger partial charge in [0.2, 0.25) is 5.91 Å². The monoisotopic (exact) mass is 349 g/mol. The Morgan fingerprint density at radius 2 is 2.05 bits per heavy atom. The van der Waals surface area contributed by atoms with E-state index in [9.17, 15) is 4.79 Å². The molecule has 4 heteroatoms. The molecule has 1 aromatic heterocycles. The highest BCUT2D eigenvalue weighted by Crippen LogP contribution is 2.26. The van der Waals surface area contributed by atoms with Gasteiger partial charge in [-0.2, -0.15) is 0 Å². The van der Waals surface area contributed by atoms with Crippen molar-refractivity contribution in [2.75, 3.05) is 11.9 Å². The van der Waals surface area contributed by atoms with E-state index in [0.717, 1.165) is 18.4 Å². The summed E-state index contributed by atoms with van der Waals surface area (Å²) in [6.45, 7) is 1.60. The molecule has 0 saturated carbocycles. The SMILES string of the molecule is O=C1CC(CBr)CN1Cc1ccc(-c2cccs2)cc1. The molecule has 1 aliphatic heterocycles. The van der Waals surface area contributed by atoms with Crippen LogP contribution in [0.1, 0.15) is 12.0 Å². The summed E-state index contributed by atoms with van der Waals surface area (Å²) >= 11 is 5.22. The van der Waals surface area contributed by atoms with Crippen LogP contribution in [0.2, 0.25) is 0 Å². The number of hydrogen-bond acceptors (Lipinski definition) is 2. The number of rotatable bonds is 4. The molecule has 2 nitrogen and oxygen atoms in total. The highest BCUT2D eigenvalue weighted by Gasteiger charge is 2.28. The Kier molecular flexibility index (Phi) is 4.22. The van der Waals surface area contributed by atoms with E-state index in [1.54, 1.807) is 11.3 Å². The lowest BCUT2D eigenvalue weighted by Crippen LogP contribution is -2.24. The van der Waals surface area contributed by atoms with Gasteiger partial charge >= 0.3 is 0 Å². The highest BCUT2D eigenvalue weighted by atomic mass is 79.9. The van der Waals surface area contributed by atoms with Gasteiger partial charge in [0.05, 0.1) is 0 Å². The molecule has 1 saturated heterocycles. The third-order valence-electron chi connectivity index (χ3n) is 3.65. The number of benzene rings is 1. The van der Waals surface area contributed by atoms with Gasteiger partial charge in [-0.3, -0.25) is 4.79 Å². The summed E-state index contributed by atoms with van der Waals surface area (Å²) in [7, 11) is 0. The van der Waals surface area contributed by atoms with E-state index < -0.39 is 0 Å². The highest BCUT2D eigenvalue weighted by molar-refractivity contribution is 9.09. The van der Waals surface area contributed by atoms with Crippen LogP contribution in [0.4, 0.5) is 0 Å². The van der Waals surface area contributed by atoms with Gasteiger partial charge in [0.1, 0.15) is 0 Å². The fraction of sp³-hybridized carbons (Fsp3) is 0.312. The fourth-order valence-corrected chi connectivity index (χ4v) is 3.71. The average Bonchev–Trinajstić information content (AvgIpc) is 3.10. The van der Waals surface area contributed by atoms with Crippen molar-refractivity contribution in [2.45, 2.75) is 13.0 Å². The molecule has 0 spiro atoms. The maximum absolute atomic E-state index is 11.9. The third kappa shape index (κ3) is 2.96. The Balaban J connectivity index is 1.68. The largest absolute Gasteiger partial charge is 0.338 e. The van der Waals surface area contributed by atoms with Gasteiger partial charge < -0.3 is 4.90 Å². The van der Waals surface area contributed by atoms with E-state index in [0.29, 0.717) is 12.3 Å². The molecule has 0 N–H and O–H groups in total. The van der Waals surface area contributed by atoms with Gasteiger partial charge in [-0.05, 0) is 28.5 Å². The van der Waals surface area contributed by atoms with Crippen molar-refractivity contribution in [1.29, 1.82) is 0 Å². The second-order valence-corrected chi connectivity index (χ2v) is 6.77. The zero-order valence-electron chi connectivity index (χ0n) is 11.1. The first-order valence-corrected chi connectivity index (χ1v) is 8.73. The summed E-state index contributed by atoms with van der Waals surface area (Å²) in [6, 6.07) is 12.7. The molecular weight excluding hydrogens is 334 g/mol. The summed E-state index contributed by atoms with van der Waals surface area (Å²) in [5.41, 5.74) is 2.45. The number of alkyl halides is 1. The first kappa shape index (κ1) is 13.8. The lowest BCUT2D eigenvalue weighted by Gasteiger charge is -2.16. The van der Waals surface area contributed by atoms with Crippen molar-refractivity contribution >= 4 is 33.2 Å². The lowest BCUT2D eigenvalue weighted by atomic mass is 10.1. The summed E-state index contributed by atoms with van der Waals surface area (Å²) < 4.78 is 0. The molecule has 1 atom stereocenters. The number of carbonyl (C=O) groups is 1. The maximum Gasteiger partial charge on any atom is 0.223 e. The van der Waals surface area contributed by atoms with Crippen LogP contribution in [-0.2, 0) is 11.3 Å². The van der Waals surface area contributed by atoms with Crippen molar-refractivity contribution in [3.05, 3.63) is 47.3 Å². The number of amides is 1. The first-order chi connectivity index (χ1) is 9.76. The van der Waals surface area contributed by atoms with Crippen LogP contribution in [0.15, 0.2) is 41.8 Å². The minimum Gasteiger partial charge on any atom is -0.338 e. The number of halogens is 1. The third-order valence-corrected chi connectivity index (χ3v) is 5.48. The quantitative estimate of drug-likeness (QED) is 0.759. The van der Waals surface area contributed by atoms with E-state index >= 15 is 0 Å². The molecule has 20 heavy (non-hydrogen) atoms. The Hall–Kier alpha value is -1.13. The Morgan fingerprint density at radius 1 is 1.25 bits per heavy atom. The number of nitrogens with zero attached hydrogens (tertiary/aromatic N) is 1. The van der Waals surface area contributed by atoms with Crippen LogP contribution in [0.5, 0.6) is 0 Å². The predicted molar refractivity (Wildman–Crippen MR) is 87.1 cm³/mol. The Labute approximate surface area is 131 Å². The fourth-order valence-electron chi connectivity index (χ4n) is 2.55. The first-order valence-electron chi connectivity index (χ1n) is 6.73. The van der Waals surface area contributed by atoms with Crippen molar-refractivity contribution in [3.8, 4) is 10.4 Å². The summed E-state index contributed by atoms with van der Waals surface area (Å²) in [6.07, 6.45) is 0.679. The van der Waals surface area contributed by atoms with Crippen molar-refractivity contribution in [3.63, 3.8) is 0 Å². The van der Waals surface area contributed by atoms with Crippen LogP contribution < -0.4 is 0 Å². The number of thiophene rings is 1. The molecule has 1 aliphatic rings. The second kappa shape index (κ2) is 6.10. The van der Waals surface area contributed by atoms with Crippen LogP contribution in [-0.4, -0.2) is 22.7 Å². The Bertz CT molecular complexity index is 579. The average molecular weight is 350 g/mol. The second-order valence-electron chi connectivity index (χ2n) is 5.17. The number of likely N-dealkylation sites (tertiary alicyclic amines) is 1. The molecule has 0 radical (unpaired) electrons. The molecule has 0 bridgehead atoms. The molecule has 2 heterocycles. The van der Waals surface area contributed by atoms with Crippen LogP contribution >= 0.6 is 27.3 Å². The van der Waals surface area contributed by atoms with E-state index in [1.165, 1.54) is 16.0 Å². The zero-order valence-corrected chi connectivity index (χ0v) is 13.5. The van der Waals surface area contributed by atoms with Crippen molar-refractivity contribution in [1.82, 2.24) is 4.90 Å². The van der Waals surface area contributed by atoms with Gasteiger partial charge in [-0.1, -0.05) is 46.3 Å². The van der Waals surface area contributed by atoms with Crippen molar-refractivity contribution < 1.29 is 4.79 Å². The Morgan fingerprint density at radius 3 is 2.65 bits per heavy atom. The molecule has 1 fully saturated rings. The van der Waals surface area contributed by atoms with E-state index in [4.69, 9.17) is 0 Å². The molecular formula is C16H16BrNOS. The number of hydrogen-bond donors (Lipinski definition) is 0. The minimum absolute atomic E-state index is 0.275. The minimum atomic E-state index is 0.275. The topological polar surface area (TPSA) is 20.3 Å². The molecule has 1 amide bonds. The van der Waals surface area contributed by atoms with E-state index in [1.807, 2.05) is 4.90 Å². The zero-order chi connectivity index (χ0) is 13.9. The summed E-state index contributed by atoms with van der Waals surface area (Å²) in [5.74, 6) is 0.740. The van der Waals surface area contributed by atoms with E-state index in [2.05, 4.69) is 57.7 Å². The normalized spacial score (nSPS) is 18.8. The smallest absolute Gasteiger partial charge is 0.223 e. The lowest BCUT2D eigenvalue weighted by molar-refractivity contribution is -0.128. The molecule has 2 aromatic rings. The van der Waals surface area contributed by atoms with E-state index in [-0.39, 0.29) is 5.91 Å². The van der Waals surface area contributed by atoms with Gasteiger partial charge in [0, 0.05) is 29.7 Å². The van der Waals surface area contributed by atoms with Crippen molar-refractivity contribution in [2.24, 2.45) is 5.92 Å². The molecule has 1 unspecified atom stereocenters.